The number of aliphatic imine (C=N–C) groups is 1. The van der Waals surface area contributed by atoms with Crippen LogP contribution in [0.15, 0.2) is 29.3 Å². The number of likely N-dealkylation sites (tertiary alicyclic amines) is 1. The van der Waals surface area contributed by atoms with E-state index < -0.39 is 5.60 Å². The van der Waals surface area contributed by atoms with Crippen molar-refractivity contribution in [3.63, 3.8) is 0 Å². The number of nitrogens with zero attached hydrogens (tertiary/aromatic N) is 3. The van der Waals surface area contributed by atoms with Crippen molar-refractivity contribution in [2.75, 3.05) is 40.3 Å². The van der Waals surface area contributed by atoms with Crippen LogP contribution in [0.25, 0.3) is 0 Å². The molecule has 1 fully saturated rings. The maximum Gasteiger partial charge on any atom is 0.410 e. The molecule has 186 valence electrons. The highest BCUT2D eigenvalue weighted by atomic mass is 127. The third-order valence-electron chi connectivity index (χ3n) is 5.53. The lowest BCUT2D eigenvalue weighted by Gasteiger charge is -2.36. The zero-order chi connectivity index (χ0) is 23.7. The highest BCUT2D eigenvalue weighted by Gasteiger charge is 2.27. The number of ether oxygens (including phenoxy) is 1. The molecule has 0 saturated carbocycles. The van der Waals surface area contributed by atoms with Gasteiger partial charge in [0, 0.05) is 52.4 Å². The van der Waals surface area contributed by atoms with Crippen LogP contribution in [-0.2, 0) is 11.3 Å². The van der Waals surface area contributed by atoms with E-state index in [-0.39, 0.29) is 36.0 Å². The number of piperidine rings is 1. The van der Waals surface area contributed by atoms with Crippen molar-refractivity contribution >= 4 is 41.9 Å². The van der Waals surface area contributed by atoms with Gasteiger partial charge in [0.2, 0.25) is 0 Å². The van der Waals surface area contributed by atoms with E-state index in [1.54, 1.807) is 19.0 Å². The van der Waals surface area contributed by atoms with Crippen molar-refractivity contribution in [2.24, 2.45) is 10.9 Å². The first-order valence-corrected chi connectivity index (χ1v) is 11.4. The molecular weight excluding hydrogens is 533 g/mol. The Morgan fingerprint density at radius 3 is 2.27 bits per heavy atom. The Morgan fingerprint density at radius 1 is 1.18 bits per heavy atom. The van der Waals surface area contributed by atoms with E-state index in [1.165, 1.54) is 0 Å². The molecule has 0 aromatic heterocycles. The van der Waals surface area contributed by atoms with Crippen LogP contribution in [-0.4, -0.2) is 73.6 Å². The Labute approximate surface area is 215 Å². The monoisotopic (exact) mass is 573 g/mol. The van der Waals surface area contributed by atoms with Gasteiger partial charge in [0.1, 0.15) is 5.60 Å². The fraction of sp³-hybridized carbons (Fsp3) is 0.625. The zero-order valence-corrected chi connectivity index (χ0v) is 23.1. The molecule has 2 rings (SSSR count). The summed E-state index contributed by atoms with van der Waals surface area (Å²) in [4.78, 5) is 32.6. The first-order valence-electron chi connectivity index (χ1n) is 11.4. The number of halogens is 1. The number of benzene rings is 1. The summed E-state index contributed by atoms with van der Waals surface area (Å²) >= 11 is 0. The fourth-order valence-corrected chi connectivity index (χ4v) is 3.73. The van der Waals surface area contributed by atoms with Gasteiger partial charge in [0.25, 0.3) is 5.91 Å². The molecule has 9 heteroatoms. The van der Waals surface area contributed by atoms with Crippen LogP contribution in [0.2, 0.25) is 0 Å². The lowest BCUT2D eigenvalue weighted by molar-refractivity contribution is 0.0214. The van der Waals surface area contributed by atoms with E-state index in [9.17, 15) is 9.59 Å². The Bertz CT molecular complexity index is 784. The van der Waals surface area contributed by atoms with Gasteiger partial charge in [-0.1, -0.05) is 12.1 Å². The zero-order valence-electron chi connectivity index (χ0n) is 20.8. The number of carbonyl (C=O) groups excluding carboxylic acids is 2. The molecule has 0 radical (unpaired) electrons. The predicted molar refractivity (Wildman–Crippen MR) is 143 cm³/mol. The Morgan fingerprint density at radius 2 is 1.79 bits per heavy atom. The smallest absolute Gasteiger partial charge is 0.410 e. The normalized spacial score (nSPS) is 14.8. The molecular formula is C24H40IN5O3. The Hall–Kier alpha value is -2.04. The number of guanidine groups is 1. The quantitative estimate of drug-likeness (QED) is 0.308. The van der Waals surface area contributed by atoms with Crippen molar-refractivity contribution in [3.05, 3.63) is 35.4 Å². The van der Waals surface area contributed by atoms with Gasteiger partial charge in [-0.15, -0.1) is 24.0 Å². The highest BCUT2D eigenvalue weighted by Crippen LogP contribution is 2.20. The molecule has 1 aliphatic heterocycles. The van der Waals surface area contributed by atoms with Crippen LogP contribution < -0.4 is 10.6 Å². The molecule has 1 aromatic rings. The first-order chi connectivity index (χ1) is 15.2. The minimum Gasteiger partial charge on any atom is -0.444 e. The van der Waals surface area contributed by atoms with E-state index in [4.69, 9.17) is 4.74 Å². The summed E-state index contributed by atoms with van der Waals surface area (Å²) in [7, 11) is 3.42. The van der Waals surface area contributed by atoms with E-state index in [0.29, 0.717) is 24.6 Å². The van der Waals surface area contributed by atoms with Crippen molar-refractivity contribution < 1.29 is 14.3 Å². The van der Waals surface area contributed by atoms with E-state index >= 15 is 0 Å². The highest BCUT2D eigenvalue weighted by molar-refractivity contribution is 14.0. The summed E-state index contributed by atoms with van der Waals surface area (Å²) in [6.07, 6.45) is 1.77. The summed E-state index contributed by atoms with van der Waals surface area (Å²) in [6, 6.07) is 7.56. The standard InChI is InChI=1S/C24H39N5O3.HI/c1-7-28(23(31)32-24(2,3)4)17-19-12-14-29(15-13-19)22(26-6)27-16-18-8-10-20(11-9-18)21(30)25-5;/h8-11,19H,7,12-17H2,1-6H3,(H,25,30)(H,26,27);1H. The minimum atomic E-state index is -0.477. The summed E-state index contributed by atoms with van der Waals surface area (Å²) in [5.74, 6) is 1.24. The van der Waals surface area contributed by atoms with Crippen LogP contribution >= 0.6 is 24.0 Å². The Kier molecular flexibility index (Phi) is 12.0. The average Bonchev–Trinajstić information content (AvgIpc) is 2.77. The maximum atomic E-state index is 12.4. The van der Waals surface area contributed by atoms with E-state index in [0.717, 1.165) is 44.0 Å². The van der Waals surface area contributed by atoms with Gasteiger partial charge in [0.05, 0.1) is 0 Å². The van der Waals surface area contributed by atoms with Gasteiger partial charge < -0.3 is 25.2 Å². The second-order valence-corrected chi connectivity index (χ2v) is 9.13. The van der Waals surface area contributed by atoms with Crippen LogP contribution in [0.3, 0.4) is 0 Å². The van der Waals surface area contributed by atoms with Gasteiger partial charge in [-0.25, -0.2) is 4.79 Å². The van der Waals surface area contributed by atoms with Crippen LogP contribution in [0.1, 0.15) is 56.5 Å². The Balaban J connectivity index is 0.00000544. The first kappa shape index (κ1) is 29.0. The molecule has 0 spiro atoms. The van der Waals surface area contributed by atoms with Crippen molar-refractivity contribution in [1.29, 1.82) is 0 Å². The van der Waals surface area contributed by atoms with Crippen LogP contribution in [0.5, 0.6) is 0 Å². The second-order valence-electron chi connectivity index (χ2n) is 9.13. The summed E-state index contributed by atoms with van der Waals surface area (Å²) < 4.78 is 5.54. The molecule has 0 bridgehead atoms. The summed E-state index contributed by atoms with van der Waals surface area (Å²) in [6.45, 7) is 11.5. The largest absolute Gasteiger partial charge is 0.444 e. The van der Waals surface area contributed by atoms with Crippen molar-refractivity contribution in [2.45, 2.75) is 52.7 Å². The van der Waals surface area contributed by atoms with Gasteiger partial charge >= 0.3 is 6.09 Å². The van der Waals surface area contributed by atoms with Gasteiger partial charge in [-0.3, -0.25) is 9.79 Å². The average molecular weight is 574 g/mol. The van der Waals surface area contributed by atoms with Crippen molar-refractivity contribution in [3.8, 4) is 0 Å². The predicted octanol–water partition coefficient (Wildman–Crippen LogP) is 3.71. The molecule has 1 saturated heterocycles. The van der Waals surface area contributed by atoms with E-state index in [1.807, 2.05) is 52.0 Å². The maximum absolute atomic E-state index is 12.4. The van der Waals surface area contributed by atoms with E-state index in [2.05, 4.69) is 20.5 Å². The molecule has 2 N–H and O–H groups in total. The number of hydrogen-bond acceptors (Lipinski definition) is 4. The summed E-state index contributed by atoms with van der Waals surface area (Å²) in [5.41, 5.74) is 1.26. The van der Waals surface area contributed by atoms with Crippen LogP contribution in [0, 0.1) is 5.92 Å². The van der Waals surface area contributed by atoms with Gasteiger partial charge in [0.15, 0.2) is 5.96 Å². The number of carbonyl (C=O) groups is 2. The molecule has 0 unspecified atom stereocenters. The minimum absolute atomic E-state index is 0. The molecule has 8 nitrogen and oxygen atoms in total. The number of rotatable bonds is 6. The number of nitrogens with one attached hydrogen (secondary N) is 2. The lowest BCUT2D eigenvalue weighted by atomic mass is 9.96. The molecule has 0 aliphatic carbocycles. The summed E-state index contributed by atoms with van der Waals surface area (Å²) in [5, 5.41) is 6.05. The third-order valence-corrected chi connectivity index (χ3v) is 5.53. The molecule has 1 aliphatic rings. The molecule has 1 heterocycles. The van der Waals surface area contributed by atoms with Gasteiger partial charge in [-0.2, -0.15) is 0 Å². The molecule has 33 heavy (non-hydrogen) atoms. The molecule has 0 atom stereocenters. The van der Waals surface area contributed by atoms with Crippen LogP contribution in [0.4, 0.5) is 4.79 Å². The third kappa shape index (κ3) is 9.38. The molecule has 2 amide bonds. The number of amides is 2. The lowest BCUT2D eigenvalue weighted by Crippen LogP contribution is -2.47. The number of hydrogen-bond donors (Lipinski definition) is 2. The fourth-order valence-electron chi connectivity index (χ4n) is 3.73. The topological polar surface area (TPSA) is 86.3 Å². The second kappa shape index (κ2) is 13.6. The SMILES string of the molecule is CCN(CC1CCN(C(=NC)NCc2ccc(C(=O)NC)cc2)CC1)C(=O)OC(C)(C)C.I. The van der Waals surface area contributed by atoms with Gasteiger partial charge in [-0.05, 0) is 64.2 Å². The van der Waals surface area contributed by atoms with Crippen molar-refractivity contribution in [1.82, 2.24) is 20.4 Å². The molecule has 1 aromatic carbocycles.